The number of para-hydroxylation sites is 1. The van der Waals surface area contributed by atoms with E-state index in [1.54, 1.807) is 9.80 Å². The van der Waals surface area contributed by atoms with Crippen LogP contribution in [0.1, 0.15) is 37.1 Å². The molecule has 1 N–H and O–H groups in total. The Labute approximate surface area is 182 Å². The minimum atomic E-state index is -0.119. The van der Waals surface area contributed by atoms with E-state index >= 15 is 0 Å². The highest BCUT2D eigenvalue weighted by atomic mass is 16.5. The van der Waals surface area contributed by atoms with E-state index in [2.05, 4.69) is 15.3 Å². The molecule has 1 aromatic heterocycles. The highest BCUT2D eigenvalue weighted by Gasteiger charge is 2.31. The summed E-state index contributed by atoms with van der Waals surface area (Å²) in [5, 5.41) is 3.09. The zero-order valence-electron chi connectivity index (χ0n) is 18.1. The largest absolute Gasteiger partial charge is 0.460 e. The van der Waals surface area contributed by atoms with Crippen LogP contribution in [0.2, 0.25) is 0 Å². The second-order valence-electron chi connectivity index (χ2n) is 8.28. The maximum absolute atomic E-state index is 12.6. The number of hydrogen-bond acceptors (Lipinski definition) is 5. The highest BCUT2D eigenvalue weighted by molar-refractivity contribution is 5.96. The van der Waals surface area contributed by atoms with Gasteiger partial charge in [-0.3, -0.25) is 9.69 Å². The molecule has 0 unspecified atom stereocenters. The molecule has 4 rings (SSSR count). The molecule has 1 aliphatic carbocycles. The van der Waals surface area contributed by atoms with E-state index in [0.717, 1.165) is 42.8 Å². The Morgan fingerprint density at radius 2 is 1.74 bits per heavy atom. The molecule has 2 fully saturated rings. The molecule has 1 saturated carbocycles. The van der Waals surface area contributed by atoms with Crippen LogP contribution in [0.3, 0.4) is 0 Å². The van der Waals surface area contributed by atoms with Gasteiger partial charge in [-0.25, -0.2) is 14.8 Å². The Kier molecular flexibility index (Phi) is 6.34. The van der Waals surface area contributed by atoms with Crippen LogP contribution in [0.15, 0.2) is 36.4 Å². The Morgan fingerprint density at radius 1 is 1.06 bits per heavy atom. The van der Waals surface area contributed by atoms with E-state index in [1.807, 2.05) is 50.2 Å². The third kappa shape index (κ3) is 5.31. The van der Waals surface area contributed by atoms with Gasteiger partial charge in [0, 0.05) is 36.2 Å². The SMILES string of the molecule is Cc1cc(C)nc(OC2CCC(NC(=O)CN3CCN(c4ccccc4)C3=O)CC2)n1. The van der Waals surface area contributed by atoms with Gasteiger partial charge < -0.3 is 15.0 Å². The van der Waals surface area contributed by atoms with Gasteiger partial charge in [0.05, 0.1) is 0 Å². The van der Waals surface area contributed by atoms with Crippen LogP contribution in [-0.2, 0) is 4.79 Å². The molecule has 0 radical (unpaired) electrons. The van der Waals surface area contributed by atoms with Gasteiger partial charge in [0.1, 0.15) is 12.6 Å². The van der Waals surface area contributed by atoms with Crippen LogP contribution in [0.5, 0.6) is 6.01 Å². The number of nitrogens with zero attached hydrogens (tertiary/aromatic N) is 4. The molecule has 1 aliphatic heterocycles. The Bertz CT molecular complexity index is 908. The van der Waals surface area contributed by atoms with E-state index in [0.29, 0.717) is 19.1 Å². The van der Waals surface area contributed by atoms with Gasteiger partial charge in [0.15, 0.2) is 0 Å². The van der Waals surface area contributed by atoms with Crippen molar-refractivity contribution in [3.05, 3.63) is 47.8 Å². The summed E-state index contributed by atoms with van der Waals surface area (Å²) in [7, 11) is 0. The smallest absolute Gasteiger partial charge is 0.325 e. The van der Waals surface area contributed by atoms with Crippen LogP contribution < -0.4 is 15.0 Å². The molecule has 3 amide bonds. The lowest BCUT2D eigenvalue weighted by Crippen LogP contribution is -2.45. The first-order chi connectivity index (χ1) is 15.0. The summed E-state index contributed by atoms with van der Waals surface area (Å²) in [5.41, 5.74) is 2.65. The summed E-state index contributed by atoms with van der Waals surface area (Å²) in [4.78, 5) is 37.2. The molecule has 0 bridgehead atoms. The van der Waals surface area contributed by atoms with Crippen LogP contribution in [0.4, 0.5) is 10.5 Å². The molecule has 1 aromatic carbocycles. The number of benzene rings is 1. The highest BCUT2D eigenvalue weighted by Crippen LogP contribution is 2.23. The Hall–Kier alpha value is -3.16. The molecular formula is C23H29N5O3. The van der Waals surface area contributed by atoms with Gasteiger partial charge in [-0.15, -0.1) is 0 Å². The maximum atomic E-state index is 12.6. The fourth-order valence-electron chi connectivity index (χ4n) is 4.24. The summed E-state index contributed by atoms with van der Waals surface area (Å²) in [5.74, 6) is -0.106. The third-order valence-corrected chi connectivity index (χ3v) is 5.77. The lowest BCUT2D eigenvalue weighted by atomic mass is 9.93. The molecule has 2 heterocycles. The molecule has 2 aliphatic rings. The van der Waals surface area contributed by atoms with E-state index in [-0.39, 0.29) is 30.6 Å². The van der Waals surface area contributed by atoms with E-state index in [1.165, 1.54) is 0 Å². The number of ether oxygens (including phenoxy) is 1. The number of rotatable bonds is 6. The summed E-state index contributed by atoms with van der Waals surface area (Å²) < 4.78 is 5.95. The zero-order valence-corrected chi connectivity index (χ0v) is 18.1. The molecule has 0 atom stereocenters. The minimum Gasteiger partial charge on any atom is -0.460 e. The summed E-state index contributed by atoms with van der Waals surface area (Å²) in [6.07, 6.45) is 3.42. The zero-order chi connectivity index (χ0) is 21.8. The van der Waals surface area contributed by atoms with Crippen molar-refractivity contribution in [2.45, 2.75) is 51.7 Å². The summed E-state index contributed by atoms with van der Waals surface area (Å²) >= 11 is 0. The molecule has 8 nitrogen and oxygen atoms in total. The van der Waals surface area contributed by atoms with Gasteiger partial charge in [0.25, 0.3) is 0 Å². The average molecular weight is 424 g/mol. The predicted molar refractivity (Wildman–Crippen MR) is 117 cm³/mol. The van der Waals surface area contributed by atoms with Crippen LogP contribution in [0, 0.1) is 13.8 Å². The standard InChI is InChI=1S/C23H29N5O3/c1-16-14-17(2)25-22(24-16)31-20-10-8-18(9-11-20)26-21(29)15-27-12-13-28(23(27)30)19-6-4-3-5-7-19/h3-7,14,18,20H,8-13,15H2,1-2H3,(H,26,29). The molecule has 31 heavy (non-hydrogen) atoms. The lowest BCUT2D eigenvalue weighted by Gasteiger charge is -2.29. The van der Waals surface area contributed by atoms with Crippen LogP contribution in [-0.4, -0.2) is 58.6 Å². The number of carbonyl (C=O) groups is 2. The number of urea groups is 1. The third-order valence-electron chi connectivity index (χ3n) is 5.77. The molecular weight excluding hydrogens is 394 g/mol. The van der Waals surface area contributed by atoms with Gasteiger partial charge in [-0.2, -0.15) is 0 Å². The second-order valence-corrected chi connectivity index (χ2v) is 8.28. The van der Waals surface area contributed by atoms with Gasteiger partial charge in [0.2, 0.25) is 5.91 Å². The summed E-state index contributed by atoms with van der Waals surface area (Å²) in [6, 6.07) is 11.9. The molecule has 8 heteroatoms. The predicted octanol–water partition coefficient (Wildman–Crippen LogP) is 2.84. The van der Waals surface area contributed by atoms with Crippen molar-refractivity contribution in [1.82, 2.24) is 20.2 Å². The number of hydrogen-bond donors (Lipinski definition) is 1. The number of carbonyl (C=O) groups excluding carboxylic acids is 2. The Balaban J connectivity index is 1.22. The monoisotopic (exact) mass is 423 g/mol. The number of amides is 3. The fraction of sp³-hybridized carbons (Fsp3) is 0.478. The van der Waals surface area contributed by atoms with Gasteiger partial charge in [-0.05, 0) is 57.7 Å². The molecule has 2 aromatic rings. The van der Waals surface area contributed by atoms with Crippen molar-refractivity contribution in [2.75, 3.05) is 24.5 Å². The Morgan fingerprint density at radius 3 is 2.42 bits per heavy atom. The summed E-state index contributed by atoms with van der Waals surface area (Å²) in [6.45, 7) is 5.10. The quantitative estimate of drug-likeness (QED) is 0.772. The fourth-order valence-corrected chi connectivity index (χ4v) is 4.24. The first-order valence-corrected chi connectivity index (χ1v) is 10.9. The maximum Gasteiger partial charge on any atom is 0.325 e. The van der Waals surface area contributed by atoms with Gasteiger partial charge >= 0.3 is 12.0 Å². The minimum absolute atomic E-state index is 0.0638. The van der Waals surface area contributed by atoms with Gasteiger partial charge in [-0.1, -0.05) is 18.2 Å². The second kappa shape index (κ2) is 9.32. The number of anilines is 1. The van der Waals surface area contributed by atoms with Crippen LogP contribution in [0.25, 0.3) is 0 Å². The lowest BCUT2D eigenvalue weighted by molar-refractivity contribution is -0.122. The average Bonchev–Trinajstić information content (AvgIpc) is 3.09. The van der Waals surface area contributed by atoms with E-state index < -0.39 is 0 Å². The first-order valence-electron chi connectivity index (χ1n) is 10.9. The van der Waals surface area contributed by atoms with Crippen molar-refractivity contribution in [3.63, 3.8) is 0 Å². The van der Waals surface area contributed by atoms with E-state index in [4.69, 9.17) is 4.74 Å². The molecule has 1 saturated heterocycles. The van der Waals surface area contributed by atoms with Crippen LogP contribution >= 0.6 is 0 Å². The van der Waals surface area contributed by atoms with Crippen molar-refractivity contribution < 1.29 is 14.3 Å². The van der Waals surface area contributed by atoms with E-state index in [9.17, 15) is 9.59 Å². The van der Waals surface area contributed by atoms with Crippen molar-refractivity contribution in [2.24, 2.45) is 0 Å². The number of nitrogens with one attached hydrogen (secondary N) is 1. The topological polar surface area (TPSA) is 87.7 Å². The molecule has 0 spiro atoms. The normalized spacial score (nSPS) is 21.3. The van der Waals surface area contributed by atoms with Crippen molar-refractivity contribution in [1.29, 1.82) is 0 Å². The first kappa shape index (κ1) is 21.1. The number of aromatic nitrogens is 2. The molecule has 164 valence electrons. The van der Waals surface area contributed by atoms with Crippen molar-refractivity contribution in [3.8, 4) is 6.01 Å². The van der Waals surface area contributed by atoms with Crippen molar-refractivity contribution >= 4 is 17.6 Å². The number of aryl methyl sites for hydroxylation is 2.